The van der Waals surface area contributed by atoms with Crippen molar-refractivity contribution in [2.75, 3.05) is 20.6 Å². The lowest BCUT2D eigenvalue weighted by atomic mass is 10.2. The molecule has 0 bridgehead atoms. The average Bonchev–Trinajstić information content (AvgIpc) is 2.14. The molecule has 1 fully saturated rings. The Kier molecular flexibility index (Phi) is 1.71. The van der Waals surface area contributed by atoms with Crippen molar-refractivity contribution in [3.63, 3.8) is 0 Å². The maximum Gasteiger partial charge on any atom is 0.221 e. The molecule has 3 heteroatoms. The van der Waals surface area contributed by atoms with E-state index >= 15 is 0 Å². The van der Waals surface area contributed by atoms with Crippen LogP contribution in [0.15, 0.2) is 0 Å². The van der Waals surface area contributed by atoms with Crippen LogP contribution in [0, 0.1) is 0 Å². The molecule has 0 aromatic carbocycles. The predicted octanol–water partition coefficient (Wildman–Crippen LogP) is -0.564. The van der Waals surface area contributed by atoms with Crippen LogP contribution in [0.25, 0.3) is 0 Å². The molecule has 1 aliphatic rings. The smallest absolute Gasteiger partial charge is 0.221 e. The highest BCUT2D eigenvalue weighted by atomic mass is 16.1. The van der Waals surface area contributed by atoms with E-state index in [0.717, 1.165) is 6.54 Å². The fourth-order valence-electron chi connectivity index (χ4n) is 0.955. The molecule has 0 aliphatic carbocycles. The summed E-state index contributed by atoms with van der Waals surface area (Å²) in [5.41, 5.74) is 0. The molecule has 9 heavy (non-hydrogen) atoms. The third-order valence-corrected chi connectivity index (χ3v) is 1.69. The topological polar surface area (TPSA) is 32.3 Å². The van der Waals surface area contributed by atoms with Gasteiger partial charge < -0.3 is 10.2 Å². The van der Waals surface area contributed by atoms with Crippen LogP contribution < -0.4 is 5.32 Å². The molecule has 0 saturated carbocycles. The van der Waals surface area contributed by atoms with Crippen molar-refractivity contribution in [2.45, 2.75) is 12.5 Å². The van der Waals surface area contributed by atoms with E-state index in [1.54, 1.807) is 0 Å². The number of carbonyl (C=O) groups excluding carboxylic acids is 1. The highest BCUT2D eigenvalue weighted by Gasteiger charge is 2.22. The van der Waals surface area contributed by atoms with Crippen LogP contribution in [-0.2, 0) is 4.79 Å². The summed E-state index contributed by atoms with van der Waals surface area (Å²) in [6, 6.07) is 0.414. The lowest BCUT2D eigenvalue weighted by Crippen LogP contribution is -2.29. The van der Waals surface area contributed by atoms with Gasteiger partial charge in [0, 0.05) is 19.0 Å². The lowest BCUT2D eigenvalue weighted by molar-refractivity contribution is -0.119. The van der Waals surface area contributed by atoms with Gasteiger partial charge in [0.05, 0.1) is 0 Å². The fraction of sp³-hybridized carbons (Fsp3) is 0.833. The first-order valence-electron chi connectivity index (χ1n) is 3.13. The molecule has 1 atom stereocenters. The molecular weight excluding hydrogens is 116 g/mol. The lowest BCUT2D eigenvalue weighted by Gasteiger charge is -2.15. The Labute approximate surface area is 55.0 Å². The molecule has 0 radical (unpaired) electrons. The van der Waals surface area contributed by atoms with Crippen molar-refractivity contribution >= 4 is 5.91 Å². The number of nitrogens with zero attached hydrogens (tertiary/aromatic N) is 1. The number of amides is 1. The summed E-state index contributed by atoms with van der Waals surface area (Å²) in [5.74, 6) is 0.175. The zero-order valence-corrected chi connectivity index (χ0v) is 5.85. The Balaban J connectivity index is 2.39. The molecule has 1 amide bonds. The second-order valence-corrected chi connectivity index (χ2v) is 2.63. The first-order valence-corrected chi connectivity index (χ1v) is 3.13. The Morgan fingerprint density at radius 2 is 2.33 bits per heavy atom. The molecule has 3 nitrogen and oxygen atoms in total. The van der Waals surface area contributed by atoms with Crippen molar-refractivity contribution in [3.05, 3.63) is 0 Å². The van der Waals surface area contributed by atoms with Gasteiger partial charge in [0.15, 0.2) is 0 Å². The van der Waals surface area contributed by atoms with Gasteiger partial charge in [0.25, 0.3) is 0 Å². The second kappa shape index (κ2) is 2.35. The van der Waals surface area contributed by atoms with E-state index < -0.39 is 0 Å². The molecule has 0 aromatic rings. The number of hydrogen-bond donors (Lipinski definition) is 1. The number of rotatable bonds is 1. The number of hydrogen-bond acceptors (Lipinski definition) is 2. The number of nitrogens with one attached hydrogen (secondary N) is 1. The van der Waals surface area contributed by atoms with Crippen LogP contribution in [0.4, 0.5) is 0 Å². The van der Waals surface area contributed by atoms with E-state index in [0.29, 0.717) is 12.5 Å². The fourth-order valence-corrected chi connectivity index (χ4v) is 0.955. The number of carbonyl (C=O) groups is 1. The van der Waals surface area contributed by atoms with Gasteiger partial charge in [-0.2, -0.15) is 0 Å². The van der Waals surface area contributed by atoms with Crippen LogP contribution in [0.2, 0.25) is 0 Å². The Morgan fingerprint density at radius 1 is 1.67 bits per heavy atom. The summed E-state index contributed by atoms with van der Waals surface area (Å²) < 4.78 is 0. The van der Waals surface area contributed by atoms with Gasteiger partial charge in [-0.1, -0.05) is 0 Å². The van der Waals surface area contributed by atoms with Gasteiger partial charge >= 0.3 is 0 Å². The SMILES string of the molecule is CN(C)C1CNC(=O)C1. The third kappa shape index (κ3) is 1.42. The van der Waals surface area contributed by atoms with Gasteiger partial charge in [0.2, 0.25) is 5.91 Å². The summed E-state index contributed by atoms with van der Waals surface area (Å²) >= 11 is 0. The quantitative estimate of drug-likeness (QED) is 0.513. The molecule has 52 valence electrons. The normalized spacial score (nSPS) is 27.0. The van der Waals surface area contributed by atoms with E-state index in [4.69, 9.17) is 0 Å². The molecular formula is C6H12N2O. The molecule has 0 spiro atoms. The molecule has 1 heterocycles. The molecule has 1 unspecified atom stereocenters. The Morgan fingerprint density at radius 3 is 2.56 bits per heavy atom. The van der Waals surface area contributed by atoms with Crippen molar-refractivity contribution in [1.29, 1.82) is 0 Å². The van der Waals surface area contributed by atoms with Crippen LogP contribution in [0.5, 0.6) is 0 Å². The van der Waals surface area contributed by atoms with Gasteiger partial charge in [-0.05, 0) is 14.1 Å². The number of likely N-dealkylation sites (N-methyl/N-ethyl adjacent to an activating group) is 1. The van der Waals surface area contributed by atoms with Crippen LogP contribution in [-0.4, -0.2) is 37.5 Å². The van der Waals surface area contributed by atoms with Crippen LogP contribution in [0.1, 0.15) is 6.42 Å². The van der Waals surface area contributed by atoms with Crippen LogP contribution >= 0.6 is 0 Å². The largest absolute Gasteiger partial charge is 0.354 e. The molecule has 1 aliphatic heterocycles. The maximum atomic E-state index is 10.6. The van der Waals surface area contributed by atoms with Gasteiger partial charge in [-0.3, -0.25) is 4.79 Å². The van der Waals surface area contributed by atoms with E-state index in [-0.39, 0.29) is 5.91 Å². The van der Waals surface area contributed by atoms with E-state index in [9.17, 15) is 4.79 Å². The summed E-state index contributed by atoms with van der Waals surface area (Å²) in [6.07, 6.45) is 0.660. The summed E-state index contributed by atoms with van der Waals surface area (Å²) in [6.45, 7) is 0.811. The molecule has 0 aromatic heterocycles. The average molecular weight is 128 g/mol. The Hall–Kier alpha value is -0.570. The zero-order valence-electron chi connectivity index (χ0n) is 5.85. The standard InChI is InChI=1S/C6H12N2O/c1-8(2)5-3-6(9)7-4-5/h5H,3-4H2,1-2H3,(H,7,9). The van der Waals surface area contributed by atoms with Crippen molar-refractivity contribution in [1.82, 2.24) is 10.2 Å². The highest BCUT2D eigenvalue weighted by Crippen LogP contribution is 2.03. The first-order chi connectivity index (χ1) is 4.20. The van der Waals surface area contributed by atoms with Gasteiger partial charge in [-0.15, -0.1) is 0 Å². The molecule has 1 rings (SSSR count). The zero-order chi connectivity index (χ0) is 6.85. The minimum absolute atomic E-state index is 0.175. The van der Waals surface area contributed by atoms with Crippen molar-refractivity contribution in [3.8, 4) is 0 Å². The molecule has 1 N–H and O–H groups in total. The summed E-state index contributed by atoms with van der Waals surface area (Å²) in [7, 11) is 3.98. The van der Waals surface area contributed by atoms with E-state index in [1.165, 1.54) is 0 Å². The minimum atomic E-state index is 0.175. The monoisotopic (exact) mass is 128 g/mol. The summed E-state index contributed by atoms with van der Waals surface area (Å²) in [4.78, 5) is 12.7. The minimum Gasteiger partial charge on any atom is -0.354 e. The molecule has 1 saturated heterocycles. The van der Waals surface area contributed by atoms with Gasteiger partial charge in [-0.25, -0.2) is 0 Å². The van der Waals surface area contributed by atoms with Crippen LogP contribution in [0.3, 0.4) is 0 Å². The van der Waals surface area contributed by atoms with Crippen molar-refractivity contribution in [2.24, 2.45) is 0 Å². The van der Waals surface area contributed by atoms with E-state index in [1.807, 2.05) is 14.1 Å². The second-order valence-electron chi connectivity index (χ2n) is 2.63. The first kappa shape index (κ1) is 6.55. The van der Waals surface area contributed by atoms with Gasteiger partial charge in [0.1, 0.15) is 0 Å². The highest BCUT2D eigenvalue weighted by molar-refractivity contribution is 5.78. The maximum absolute atomic E-state index is 10.6. The predicted molar refractivity (Wildman–Crippen MR) is 35.1 cm³/mol. The summed E-state index contributed by atoms with van der Waals surface area (Å²) in [5, 5.41) is 2.77. The third-order valence-electron chi connectivity index (χ3n) is 1.69. The van der Waals surface area contributed by atoms with E-state index in [2.05, 4.69) is 10.2 Å². The Bertz CT molecular complexity index is 122. The van der Waals surface area contributed by atoms with Crippen molar-refractivity contribution < 1.29 is 4.79 Å².